The maximum absolute atomic E-state index is 12.8. The third-order valence-corrected chi connectivity index (χ3v) is 8.91. The number of piperidine rings is 1. The summed E-state index contributed by atoms with van der Waals surface area (Å²) in [7, 11) is -1.34. The summed E-state index contributed by atoms with van der Waals surface area (Å²) in [4.78, 5) is 6.43. The van der Waals surface area contributed by atoms with Gasteiger partial charge in [0, 0.05) is 31.9 Å². The average molecular weight is 424 g/mol. The monoisotopic (exact) mass is 423 g/mol. The average Bonchev–Trinajstić information content (AvgIpc) is 3.11. The van der Waals surface area contributed by atoms with Crippen LogP contribution < -0.4 is 0 Å². The third kappa shape index (κ3) is 4.66. The molecule has 3 fully saturated rings. The van der Waals surface area contributed by atoms with Crippen molar-refractivity contribution in [2.24, 2.45) is 5.41 Å². The van der Waals surface area contributed by atoms with Gasteiger partial charge in [0.05, 0.1) is 18.8 Å². The van der Waals surface area contributed by atoms with Crippen LogP contribution in [-0.2, 0) is 14.8 Å². The van der Waals surface area contributed by atoms with Crippen molar-refractivity contribution in [1.29, 1.82) is 0 Å². The number of pyridine rings is 1. The van der Waals surface area contributed by atoms with Crippen molar-refractivity contribution in [2.75, 3.05) is 33.3 Å². The minimum Gasteiger partial charge on any atom is -0.393 e. The van der Waals surface area contributed by atoms with Gasteiger partial charge in [0.2, 0.25) is 0 Å². The van der Waals surface area contributed by atoms with Gasteiger partial charge in [0.1, 0.15) is 0 Å². The van der Waals surface area contributed by atoms with Crippen molar-refractivity contribution in [3.8, 4) is 0 Å². The second-order valence-electron chi connectivity index (χ2n) is 9.11. The molecule has 29 heavy (non-hydrogen) atoms. The van der Waals surface area contributed by atoms with Crippen molar-refractivity contribution in [1.82, 2.24) is 14.2 Å². The molecule has 1 saturated carbocycles. The lowest BCUT2D eigenvalue weighted by Crippen LogP contribution is -2.44. The molecular weight excluding hydrogens is 390 g/mol. The van der Waals surface area contributed by atoms with E-state index in [1.54, 1.807) is 22.5 Å². The Bertz CT molecular complexity index is 772. The van der Waals surface area contributed by atoms with E-state index in [9.17, 15) is 13.5 Å². The van der Waals surface area contributed by atoms with Crippen LogP contribution in [0.5, 0.6) is 0 Å². The lowest BCUT2D eigenvalue weighted by molar-refractivity contribution is 0.0372. The van der Waals surface area contributed by atoms with Crippen molar-refractivity contribution in [3.63, 3.8) is 0 Å². The number of likely N-dealkylation sites (N-methyl/N-ethyl adjacent to an activating group) is 1. The Labute approximate surface area is 174 Å². The summed E-state index contributed by atoms with van der Waals surface area (Å²) in [5.41, 5.74) is 0.102. The molecule has 1 aromatic rings. The minimum atomic E-state index is -3.51. The fourth-order valence-corrected chi connectivity index (χ4v) is 6.54. The smallest absolute Gasteiger partial charge is 0.260 e. The molecule has 0 amide bonds. The standard InChI is InChI=1S/C21H33N3O4S/c1-23(17-5-7-18(25)8-6-17)15-19-14-21(16-28-19)9-12-24(13-10-21)29(26,27)20-4-2-3-11-22-20/h2-4,11,17-19,25H,5-10,12-16H2,1H3/t17?,18?,19-/m1/s1. The van der Waals surface area contributed by atoms with Gasteiger partial charge in [-0.15, -0.1) is 0 Å². The van der Waals surface area contributed by atoms with Crippen LogP contribution in [0.2, 0.25) is 0 Å². The maximum atomic E-state index is 12.8. The van der Waals surface area contributed by atoms with Gasteiger partial charge in [-0.2, -0.15) is 4.31 Å². The van der Waals surface area contributed by atoms with Crippen LogP contribution in [-0.4, -0.2) is 79.3 Å². The van der Waals surface area contributed by atoms with Crippen LogP contribution in [0.1, 0.15) is 44.9 Å². The Morgan fingerprint density at radius 1 is 1.24 bits per heavy atom. The van der Waals surface area contributed by atoms with E-state index < -0.39 is 10.0 Å². The predicted molar refractivity (Wildman–Crippen MR) is 110 cm³/mol. The van der Waals surface area contributed by atoms with Crippen molar-refractivity contribution in [2.45, 2.75) is 68.2 Å². The Kier molecular flexibility index (Phi) is 6.27. The van der Waals surface area contributed by atoms with E-state index in [2.05, 4.69) is 16.9 Å². The topological polar surface area (TPSA) is 83.0 Å². The van der Waals surface area contributed by atoms with Crippen molar-refractivity contribution < 1.29 is 18.3 Å². The zero-order valence-corrected chi connectivity index (χ0v) is 18.1. The maximum Gasteiger partial charge on any atom is 0.260 e. The van der Waals surface area contributed by atoms with Crippen LogP contribution >= 0.6 is 0 Å². The molecule has 7 nitrogen and oxygen atoms in total. The van der Waals surface area contributed by atoms with Gasteiger partial charge < -0.3 is 14.7 Å². The molecule has 0 unspecified atom stereocenters. The summed E-state index contributed by atoms with van der Waals surface area (Å²) < 4.78 is 33.4. The normalized spacial score (nSPS) is 30.8. The Morgan fingerprint density at radius 3 is 2.62 bits per heavy atom. The van der Waals surface area contributed by atoms with E-state index in [1.807, 2.05) is 0 Å². The van der Waals surface area contributed by atoms with E-state index in [4.69, 9.17) is 4.74 Å². The molecule has 3 aliphatic rings. The van der Waals surface area contributed by atoms with E-state index in [-0.39, 0.29) is 22.6 Å². The Balaban J connectivity index is 1.29. The van der Waals surface area contributed by atoms with Gasteiger partial charge in [-0.05, 0) is 69.5 Å². The summed E-state index contributed by atoms with van der Waals surface area (Å²) >= 11 is 0. The largest absolute Gasteiger partial charge is 0.393 e. The molecule has 4 rings (SSSR count). The number of aliphatic hydroxyl groups is 1. The second kappa shape index (κ2) is 8.59. The molecule has 1 aliphatic carbocycles. The van der Waals surface area contributed by atoms with Crippen LogP contribution in [0, 0.1) is 5.41 Å². The highest BCUT2D eigenvalue weighted by atomic mass is 32.2. The zero-order chi connectivity index (χ0) is 20.5. The third-order valence-electron chi connectivity index (χ3n) is 7.09. The summed E-state index contributed by atoms with van der Waals surface area (Å²) in [5, 5.41) is 9.85. The molecule has 2 aliphatic heterocycles. The number of sulfonamides is 1. The van der Waals surface area contributed by atoms with Crippen molar-refractivity contribution in [3.05, 3.63) is 24.4 Å². The molecule has 1 atom stereocenters. The highest BCUT2D eigenvalue weighted by Crippen LogP contribution is 2.43. The molecule has 1 aromatic heterocycles. The molecule has 0 bridgehead atoms. The van der Waals surface area contributed by atoms with Crippen LogP contribution in [0.25, 0.3) is 0 Å². The Hall–Kier alpha value is -1.06. The van der Waals surface area contributed by atoms with Crippen LogP contribution in [0.3, 0.4) is 0 Å². The first kappa shape index (κ1) is 21.2. The number of ether oxygens (including phenoxy) is 1. The van der Waals surface area contributed by atoms with Gasteiger partial charge in [0.15, 0.2) is 5.03 Å². The lowest BCUT2D eigenvalue weighted by atomic mass is 9.77. The highest BCUT2D eigenvalue weighted by molar-refractivity contribution is 7.89. The lowest BCUT2D eigenvalue weighted by Gasteiger charge is -2.38. The SMILES string of the molecule is CN(C[C@H]1CC2(CCN(S(=O)(=O)c3ccccn3)CC2)CO1)C1CCC(O)CC1. The molecule has 1 N–H and O–H groups in total. The number of rotatable bonds is 5. The molecule has 3 heterocycles. The zero-order valence-electron chi connectivity index (χ0n) is 17.2. The summed E-state index contributed by atoms with van der Waals surface area (Å²) in [5.74, 6) is 0. The quantitative estimate of drug-likeness (QED) is 0.779. The summed E-state index contributed by atoms with van der Waals surface area (Å²) in [6.07, 6.45) is 8.19. The van der Waals surface area contributed by atoms with Gasteiger partial charge in [-0.3, -0.25) is 0 Å². The van der Waals surface area contributed by atoms with E-state index in [0.717, 1.165) is 58.1 Å². The first-order chi connectivity index (χ1) is 13.9. The van der Waals surface area contributed by atoms with E-state index in [0.29, 0.717) is 19.1 Å². The number of aliphatic hydroxyl groups excluding tert-OH is 1. The first-order valence-electron chi connectivity index (χ1n) is 10.8. The highest BCUT2D eigenvalue weighted by Gasteiger charge is 2.45. The van der Waals surface area contributed by atoms with Crippen LogP contribution in [0.15, 0.2) is 29.4 Å². The molecule has 2 saturated heterocycles. The van der Waals surface area contributed by atoms with E-state index >= 15 is 0 Å². The summed E-state index contributed by atoms with van der Waals surface area (Å²) in [6.45, 7) is 2.71. The molecular formula is C21H33N3O4S. The minimum absolute atomic E-state index is 0.102. The Morgan fingerprint density at radius 2 is 1.97 bits per heavy atom. The van der Waals surface area contributed by atoms with E-state index in [1.165, 1.54) is 6.20 Å². The molecule has 8 heteroatoms. The molecule has 0 radical (unpaired) electrons. The van der Waals surface area contributed by atoms with Crippen LogP contribution in [0.4, 0.5) is 0 Å². The van der Waals surface area contributed by atoms with Gasteiger partial charge in [-0.25, -0.2) is 13.4 Å². The predicted octanol–water partition coefficient (Wildman–Crippen LogP) is 1.88. The molecule has 1 spiro atoms. The fourth-order valence-electron chi connectivity index (χ4n) is 5.16. The summed E-state index contributed by atoms with van der Waals surface area (Å²) in [6, 6.07) is 5.54. The number of hydrogen-bond donors (Lipinski definition) is 1. The van der Waals surface area contributed by atoms with Gasteiger partial charge in [-0.1, -0.05) is 6.07 Å². The fraction of sp³-hybridized carbons (Fsp3) is 0.762. The number of nitrogens with zero attached hydrogens (tertiary/aromatic N) is 3. The molecule has 0 aromatic carbocycles. The van der Waals surface area contributed by atoms with Crippen molar-refractivity contribution >= 4 is 10.0 Å². The molecule has 162 valence electrons. The second-order valence-corrected chi connectivity index (χ2v) is 11.0. The number of aromatic nitrogens is 1. The number of hydrogen-bond acceptors (Lipinski definition) is 6. The van der Waals surface area contributed by atoms with Gasteiger partial charge >= 0.3 is 0 Å². The first-order valence-corrected chi connectivity index (χ1v) is 12.2. The van der Waals surface area contributed by atoms with Gasteiger partial charge in [0.25, 0.3) is 10.0 Å².